The van der Waals surface area contributed by atoms with Crippen LogP contribution in [0.4, 0.5) is 0 Å². The Hall–Kier alpha value is -1.99. The van der Waals surface area contributed by atoms with E-state index in [1.54, 1.807) is 6.33 Å². The average Bonchev–Trinajstić information content (AvgIpc) is 2.95. The molecule has 0 saturated carbocycles. The maximum atomic E-state index is 5.73. The van der Waals surface area contributed by atoms with Crippen molar-refractivity contribution in [2.75, 3.05) is 5.88 Å². The molecular weight excluding hydrogens is 286 g/mol. The fourth-order valence-electron chi connectivity index (χ4n) is 1.80. The zero-order valence-electron chi connectivity index (χ0n) is 12.2. The van der Waals surface area contributed by atoms with Crippen LogP contribution in [0.5, 0.6) is 5.75 Å². The van der Waals surface area contributed by atoms with Crippen molar-refractivity contribution in [2.24, 2.45) is 0 Å². The standard InChI is InChI=1S/C16H18ClN3O/c1-13(2)20-16(18-12-19-20)11-21-15-8-6-14(7-9-15)5-3-4-10-17/h6-9,12-13H,4,10-11H2,1-2H3. The molecule has 0 unspecified atom stereocenters. The van der Waals surface area contributed by atoms with E-state index in [-0.39, 0.29) is 6.04 Å². The number of alkyl halides is 1. The molecule has 4 nitrogen and oxygen atoms in total. The van der Waals surface area contributed by atoms with Gasteiger partial charge >= 0.3 is 0 Å². The predicted molar refractivity (Wildman–Crippen MR) is 83.4 cm³/mol. The molecule has 1 aromatic carbocycles. The lowest BCUT2D eigenvalue weighted by Crippen LogP contribution is -2.10. The smallest absolute Gasteiger partial charge is 0.165 e. The van der Waals surface area contributed by atoms with Crippen molar-refractivity contribution in [1.82, 2.24) is 14.8 Å². The summed E-state index contributed by atoms with van der Waals surface area (Å²) in [5.41, 5.74) is 0.956. The number of halogens is 1. The maximum absolute atomic E-state index is 5.73. The SMILES string of the molecule is CC(C)n1ncnc1COc1ccc(C#CCCCl)cc1. The highest BCUT2D eigenvalue weighted by Gasteiger charge is 2.07. The molecule has 0 N–H and O–H groups in total. The number of aromatic nitrogens is 3. The number of ether oxygens (including phenoxy) is 1. The molecule has 0 bridgehead atoms. The van der Waals surface area contributed by atoms with Crippen LogP contribution in [0.15, 0.2) is 30.6 Å². The number of benzene rings is 1. The minimum Gasteiger partial charge on any atom is -0.486 e. The van der Waals surface area contributed by atoms with Gasteiger partial charge in [0.25, 0.3) is 0 Å². The minimum atomic E-state index is 0.269. The topological polar surface area (TPSA) is 39.9 Å². The molecular formula is C16H18ClN3O. The highest BCUT2D eigenvalue weighted by atomic mass is 35.5. The first kappa shape index (κ1) is 15.4. The van der Waals surface area contributed by atoms with Gasteiger partial charge in [-0.25, -0.2) is 9.67 Å². The quantitative estimate of drug-likeness (QED) is 0.627. The van der Waals surface area contributed by atoms with E-state index in [9.17, 15) is 0 Å². The van der Waals surface area contributed by atoms with Gasteiger partial charge in [0.1, 0.15) is 18.7 Å². The van der Waals surface area contributed by atoms with Crippen molar-refractivity contribution < 1.29 is 4.74 Å². The van der Waals surface area contributed by atoms with E-state index in [1.807, 2.05) is 28.9 Å². The summed E-state index contributed by atoms with van der Waals surface area (Å²) in [6.45, 7) is 4.52. The monoisotopic (exact) mass is 303 g/mol. The largest absolute Gasteiger partial charge is 0.486 e. The van der Waals surface area contributed by atoms with Crippen molar-refractivity contribution in [2.45, 2.75) is 32.9 Å². The maximum Gasteiger partial charge on any atom is 0.165 e. The second kappa shape index (κ2) is 7.70. The van der Waals surface area contributed by atoms with Gasteiger partial charge in [-0.2, -0.15) is 5.10 Å². The summed E-state index contributed by atoms with van der Waals surface area (Å²) < 4.78 is 7.58. The summed E-state index contributed by atoms with van der Waals surface area (Å²) in [5.74, 6) is 8.21. The van der Waals surface area contributed by atoms with E-state index >= 15 is 0 Å². The van der Waals surface area contributed by atoms with Crippen LogP contribution < -0.4 is 4.74 Å². The van der Waals surface area contributed by atoms with E-state index < -0.39 is 0 Å². The number of hydrogen-bond donors (Lipinski definition) is 0. The Morgan fingerprint density at radius 2 is 2.05 bits per heavy atom. The van der Waals surface area contributed by atoms with Crippen molar-refractivity contribution in [3.05, 3.63) is 42.0 Å². The second-order valence-corrected chi connectivity index (χ2v) is 5.15. The first-order valence-electron chi connectivity index (χ1n) is 6.87. The fraction of sp³-hybridized carbons (Fsp3) is 0.375. The van der Waals surface area contributed by atoms with Crippen molar-refractivity contribution in [3.63, 3.8) is 0 Å². The molecule has 0 fully saturated rings. The molecule has 21 heavy (non-hydrogen) atoms. The third kappa shape index (κ3) is 4.51. The summed E-state index contributed by atoms with van der Waals surface area (Å²) in [7, 11) is 0. The van der Waals surface area contributed by atoms with Crippen LogP contribution in [0.1, 0.15) is 37.7 Å². The molecule has 0 aliphatic heterocycles. The highest BCUT2D eigenvalue weighted by molar-refractivity contribution is 6.18. The van der Waals surface area contributed by atoms with Gasteiger partial charge < -0.3 is 4.74 Å². The zero-order chi connectivity index (χ0) is 15.1. The van der Waals surface area contributed by atoms with Gasteiger partial charge in [0.15, 0.2) is 5.82 Å². The lowest BCUT2D eigenvalue weighted by atomic mass is 10.2. The van der Waals surface area contributed by atoms with Crippen LogP contribution in [0, 0.1) is 11.8 Å². The van der Waals surface area contributed by atoms with Crippen LogP contribution in [0.2, 0.25) is 0 Å². The molecule has 110 valence electrons. The first-order chi connectivity index (χ1) is 10.2. The van der Waals surface area contributed by atoms with Gasteiger partial charge in [0.05, 0.1) is 0 Å². The molecule has 0 saturated heterocycles. The minimum absolute atomic E-state index is 0.269. The molecule has 2 aromatic rings. The Balaban J connectivity index is 1.95. The summed E-state index contributed by atoms with van der Waals surface area (Å²) in [6, 6.07) is 7.94. The number of hydrogen-bond acceptors (Lipinski definition) is 3. The predicted octanol–water partition coefficient (Wildman–Crippen LogP) is 3.42. The van der Waals surface area contributed by atoms with Crippen molar-refractivity contribution in [1.29, 1.82) is 0 Å². The van der Waals surface area contributed by atoms with Gasteiger partial charge in [-0.1, -0.05) is 11.8 Å². The fourth-order valence-corrected chi connectivity index (χ4v) is 1.90. The molecule has 0 radical (unpaired) electrons. The van der Waals surface area contributed by atoms with Crippen LogP contribution in [0.3, 0.4) is 0 Å². The molecule has 0 aliphatic rings. The first-order valence-corrected chi connectivity index (χ1v) is 7.40. The molecule has 0 amide bonds. The van der Waals surface area contributed by atoms with Gasteiger partial charge in [0, 0.05) is 23.9 Å². The molecule has 0 aliphatic carbocycles. The molecule has 5 heteroatoms. The van der Waals surface area contributed by atoms with Gasteiger partial charge in [0.2, 0.25) is 0 Å². The molecule has 1 heterocycles. The lowest BCUT2D eigenvalue weighted by molar-refractivity contribution is 0.282. The zero-order valence-corrected chi connectivity index (χ0v) is 13.0. The number of nitrogens with zero attached hydrogens (tertiary/aromatic N) is 3. The van der Waals surface area contributed by atoms with Crippen LogP contribution in [0.25, 0.3) is 0 Å². The summed E-state index contributed by atoms with van der Waals surface area (Å²) in [5, 5.41) is 4.18. The second-order valence-electron chi connectivity index (χ2n) is 4.77. The van der Waals surface area contributed by atoms with Gasteiger partial charge in [-0.15, -0.1) is 11.6 Å². The average molecular weight is 304 g/mol. The summed E-state index contributed by atoms with van der Waals surface area (Å²) >= 11 is 5.58. The molecule has 0 spiro atoms. The van der Waals surface area contributed by atoms with E-state index in [0.29, 0.717) is 18.9 Å². The van der Waals surface area contributed by atoms with E-state index in [0.717, 1.165) is 17.1 Å². The van der Waals surface area contributed by atoms with Gasteiger partial charge in [-0.05, 0) is 38.1 Å². The van der Waals surface area contributed by atoms with Crippen molar-refractivity contribution in [3.8, 4) is 17.6 Å². The van der Waals surface area contributed by atoms with Gasteiger partial charge in [-0.3, -0.25) is 0 Å². The Bertz CT molecular complexity index is 623. The van der Waals surface area contributed by atoms with E-state index in [1.165, 1.54) is 0 Å². The van der Waals surface area contributed by atoms with E-state index in [2.05, 4.69) is 35.8 Å². The summed E-state index contributed by atoms with van der Waals surface area (Å²) in [6.07, 6.45) is 2.25. The van der Waals surface area contributed by atoms with E-state index in [4.69, 9.17) is 16.3 Å². The highest BCUT2D eigenvalue weighted by Crippen LogP contribution is 2.14. The third-order valence-electron chi connectivity index (χ3n) is 2.81. The molecule has 1 aromatic heterocycles. The Labute approximate surface area is 130 Å². The van der Waals surface area contributed by atoms with Crippen LogP contribution >= 0.6 is 11.6 Å². The Morgan fingerprint density at radius 1 is 1.29 bits per heavy atom. The normalized spacial score (nSPS) is 10.3. The Morgan fingerprint density at radius 3 is 2.71 bits per heavy atom. The van der Waals surface area contributed by atoms with Crippen LogP contribution in [-0.2, 0) is 6.61 Å². The van der Waals surface area contributed by atoms with Crippen LogP contribution in [-0.4, -0.2) is 20.6 Å². The Kier molecular flexibility index (Phi) is 5.65. The molecule has 0 atom stereocenters. The van der Waals surface area contributed by atoms with Crippen molar-refractivity contribution >= 4 is 11.6 Å². The molecule has 2 rings (SSSR count). The lowest BCUT2D eigenvalue weighted by Gasteiger charge is -2.10. The number of rotatable bonds is 5. The summed E-state index contributed by atoms with van der Waals surface area (Å²) in [4.78, 5) is 4.21. The third-order valence-corrected chi connectivity index (χ3v) is 3.00.